The van der Waals surface area contributed by atoms with Gasteiger partial charge in [0.1, 0.15) is 5.52 Å². The number of carbonyl (C=O) groups excluding carboxylic acids is 2. The van der Waals surface area contributed by atoms with E-state index < -0.39 is 0 Å². The largest absolute Gasteiger partial charge is 0.462 e. The molecule has 0 amide bonds. The first-order valence-electron chi connectivity index (χ1n) is 12.8. The molecule has 1 aromatic carbocycles. The number of aromatic amines is 1. The van der Waals surface area contributed by atoms with Gasteiger partial charge < -0.3 is 15.0 Å². The summed E-state index contributed by atoms with van der Waals surface area (Å²) in [6.07, 6.45) is 6.18. The van der Waals surface area contributed by atoms with Gasteiger partial charge in [-0.2, -0.15) is 10.1 Å². The van der Waals surface area contributed by atoms with Crippen molar-refractivity contribution in [1.82, 2.24) is 24.8 Å². The first-order valence-corrected chi connectivity index (χ1v) is 12.8. The van der Waals surface area contributed by atoms with Crippen LogP contribution in [0.25, 0.3) is 5.52 Å². The van der Waals surface area contributed by atoms with Crippen molar-refractivity contribution in [1.29, 1.82) is 0 Å². The molecule has 1 saturated carbocycles. The number of esters is 1. The Morgan fingerprint density at radius 2 is 2.00 bits per heavy atom. The molecule has 0 bridgehead atoms. The number of hydrogen-bond acceptors (Lipinski definition) is 8. The second-order valence-corrected chi connectivity index (χ2v) is 9.62. The number of nitrogens with one attached hydrogen (secondary N) is 2. The zero-order valence-corrected chi connectivity index (χ0v) is 20.7. The Morgan fingerprint density at radius 3 is 2.78 bits per heavy atom. The van der Waals surface area contributed by atoms with Gasteiger partial charge in [-0.15, -0.1) is 5.10 Å². The van der Waals surface area contributed by atoms with Crippen LogP contribution in [0.15, 0.2) is 48.7 Å². The molecule has 1 saturated heterocycles. The minimum absolute atomic E-state index is 0.105. The topological polar surface area (TPSA) is 118 Å². The number of H-pyrrole nitrogens is 1. The fraction of sp³-hybridized carbons (Fsp3) is 0.370. The maximum Gasteiger partial charge on any atom is 0.338 e. The molecule has 4 heterocycles. The number of ketones is 1. The van der Waals surface area contributed by atoms with Gasteiger partial charge in [-0.05, 0) is 62.4 Å². The third-order valence-corrected chi connectivity index (χ3v) is 6.97. The van der Waals surface area contributed by atoms with E-state index in [0.29, 0.717) is 36.4 Å². The number of fused-ring (bicyclic) bond motifs is 1. The predicted molar refractivity (Wildman–Crippen MR) is 138 cm³/mol. The zero-order chi connectivity index (χ0) is 25.4. The summed E-state index contributed by atoms with van der Waals surface area (Å²) in [5.74, 6) is 2.20. The van der Waals surface area contributed by atoms with E-state index in [1.54, 1.807) is 23.6 Å². The van der Waals surface area contributed by atoms with E-state index in [9.17, 15) is 9.59 Å². The molecule has 2 N–H and O–H groups in total. The van der Waals surface area contributed by atoms with Gasteiger partial charge in [0, 0.05) is 36.8 Å². The molecule has 1 aliphatic carbocycles. The van der Waals surface area contributed by atoms with Gasteiger partial charge in [-0.3, -0.25) is 9.89 Å². The lowest BCUT2D eigenvalue weighted by molar-refractivity contribution is -0.119. The molecule has 37 heavy (non-hydrogen) atoms. The normalized spacial score (nSPS) is 17.3. The molecule has 10 nitrogen and oxygen atoms in total. The standard InChI is InChI=1S/C27H29N7O3/c1-2-37-26(36)19-9-7-17(8-10-19)15-23(35)21-5-3-13-33(21)27-29-25(22-6-4-14-34(22)32-27)28-24-16-20(30-31-24)18-11-12-18/h4,6-10,14,16,18,21H,2-3,5,11-13,15H2,1H3,(H2,28,29,30,31,32)/t21-/m0/s1. The van der Waals surface area contributed by atoms with Crippen LogP contribution < -0.4 is 10.2 Å². The monoisotopic (exact) mass is 499 g/mol. The molecule has 6 rings (SSSR count). The third-order valence-electron chi connectivity index (χ3n) is 6.97. The van der Waals surface area contributed by atoms with Crippen LogP contribution in [0.4, 0.5) is 17.6 Å². The Labute approximate surface area is 214 Å². The number of benzene rings is 1. The molecule has 190 valence electrons. The fourth-order valence-electron chi connectivity index (χ4n) is 4.90. The average Bonchev–Trinajstić information content (AvgIpc) is 3.26. The lowest BCUT2D eigenvalue weighted by Gasteiger charge is -2.24. The van der Waals surface area contributed by atoms with Crippen molar-refractivity contribution in [2.45, 2.75) is 51.0 Å². The van der Waals surface area contributed by atoms with Crippen molar-refractivity contribution < 1.29 is 14.3 Å². The molecule has 3 aromatic heterocycles. The van der Waals surface area contributed by atoms with E-state index in [2.05, 4.69) is 15.5 Å². The van der Waals surface area contributed by atoms with Gasteiger partial charge in [-0.25, -0.2) is 9.31 Å². The molecular weight excluding hydrogens is 470 g/mol. The summed E-state index contributed by atoms with van der Waals surface area (Å²) in [4.78, 5) is 32.1. The van der Waals surface area contributed by atoms with E-state index in [0.717, 1.165) is 35.4 Å². The molecule has 4 aromatic rings. The predicted octanol–water partition coefficient (Wildman–Crippen LogP) is 4.03. The zero-order valence-electron chi connectivity index (χ0n) is 20.7. The number of ether oxygens (including phenoxy) is 1. The molecular formula is C27H29N7O3. The summed E-state index contributed by atoms with van der Waals surface area (Å²) in [6.45, 7) is 2.81. The van der Waals surface area contributed by atoms with E-state index in [-0.39, 0.29) is 24.2 Å². The van der Waals surface area contributed by atoms with E-state index in [4.69, 9.17) is 14.8 Å². The van der Waals surface area contributed by atoms with Crippen LogP contribution in [0.5, 0.6) is 0 Å². The van der Waals surface area contributed by atoms with Crippen LogP contribution >= 0.6 is 0 Å². The van der Waals surface area contributed by atoms with Crippen molar-refractivity contribution in [2.75, 3.05) is 23.4 Å². The summed E-state index contributed by atoms with van der Waals surface area (Å²) in [5, 5.41) is 15.6. The van der Waals surface area contributed by atoms with E-state index in [1.165, 1.54) is 12.8 Å². The number of aromatic nitrogens is 5. The van der Waals surface area contributed by atoms with E-state index in [1.807, 2.05) is 41.4 Å². The number of nitrogens with zero attached hydrogens (tertiary/aromatic N) is 5. The lowest BCUT2D eigenvalue weighted by Crippen LogP contribution is -2.38. The minimum Gasteiger partial charge on any atom is -0.462 e. The van der Waals surface area contributed by atoms with E-state index >= 15 is 0 Å². The van der Waals surface area contributed by atoms with Gasteiger partial charge in [0.2, 0.25) is 5.95 Å². The fourth-order valence-corrected chi connectivity index (χ4v) is 4.90. The van der Waals surface area contributed by atoms with Gasteiger partial charge in [0.15, 0.2) is 17.4 Å². The molecule has 1 atom stereocenters. The Bertz CT molecular complexity index is 1440. The second-order valence-electron chi connectivity index (χ2n) is 9.62. The van der Waals surface area contributed by atoms with Crippen molar-refractivity contribution in [3.8, 4) is 0 Å². The van der Waals surface area contributed by atoms with Crippen molar-refractivity contribution in [3.63, 3.8) is 0 Å². The first-order chi connectivity index (χ1) is 18.1. The van der Waals surface area contributed by atoms with Gasteiger partial charge in [0.05, 0.1) is 18.2 Å². The third kappa shape index (κ3) is 4.78. The summed E-state index contributed by atoms with van der Waals surface area (Å²) in [7, 11) is 0. The highest BCUT2D eigenvalue weighted by Gasteiger charge is 2.33. The molecule has 0 unspecified atom stereocenters. The summed E-state index contributed by atoms with van der Waals surface area (Å²) >= 11 is 0. The second kappa shape index (κ2) is 9.68. The number of hydrogen-bond donors (Lipinski definition) is 2. The van der Waals surface area contributed by atoms with Crippen molar-refractivity contribution in [3.05, 3.63) is 65.5 Å². The molecule has 2 fully saturated rings. The van der Waals surface area contributed by atoms with Crippen molar-refractivity contribution in [2.24, 2.45) is 0 Å². The van der Waals surface area contributed by atoms with Gasteiger partial charge >= 0.3 is 5.97 Å². The van der Waals surface area contributed by atoms with Crippen LogP contribution in [0, 0.1) is 0 Å². The van der Waals surface area contributed by atoms with Crippen LogP contribution in [0.3, 0.4) is 0 Å². The Morgan fingerprint density at radius 1 is 1.16 bits per heavy atom. The lowest BCUT2D eigenvalue weighted by atomic mass is 10.0. The van der Waals surface area contributed by atoms with Crippen LogP contribution in [-0.4, -0.2) is 55.7 Å². The maximum atomic E-state index is 13.4. The maximum absolute atomic E-state index is 13.4. The first kappa shape index (κ1) is 23.2. The van der Waals surface area contributed by atoms with Gasteiger partial charge in [-0.1, -0.05) is 12.1 Å². The van der Waals surface area contributed by atoms with Crippen molar-refractivity contribution >= 4 is 34.9 Å². The average molecular weight is 500 g/mol. The molecule has 0 radical (unpaired) electrons. The quantitative estimate of drug-likeness (QED) is 0.332. The van der Waals surface area contributed by atoms with Crippen LogP contribution in [0.2, 0.25) is 0 Å². The smallest absolute Gasteiger partial charge is 0.338 e. The minimum atomic E-state index is -0.358. The Balaban J connectivity index is 1.21. The molecule has 10 heteroatoms. The summed E-state index contributed by atoms with van der Waals surface area (Å²) < 4.78 is 6.82. The number of rotatable bonds is 9. The van der Waals surface area contributed by atoms with Gasteiger partial charge in [0.25, 0.3) is 0 Å². The van der Waals surface area contributed by atoms with Crippen LogP contribution in [-0.2, 0) is 16.0 Å². The highest BCUT2D eigenvalue weighted by molar-refractivity contribution is 5.91. The Kier molecular flexibility index (Phi) is 6.07. The molecule has 0 spiro atoms. The SMILES string of the molecule is CCOC(=O)c1ccc(CC(=O)[C@@H]2CCCN2c2nc(Nc3cc(C4CC4)[nH]n3)c3cccn3n2)cc1. The molecule has 2 aliphatic rings. The Hall–Kier alpha value is -4.21. The van der Waals surface area contributed by atoms with Crippen LogP contribution in [0.1, 0.15) is 60.1 Å². The number of Topliss-reactive ketones (excluding diaryl/α,β-unsaturated/α-hetero) is 1. The summed E-state index contributed by atoms with van der Waals surface area (Å²) in [5.41, 5.74) is 3.32. The molecule has 1 aliphatic heterocycles. The highest BCUT2D eigenvalue weighted by atomic mass is 16.5. The highest BCUT2D eigenvalue weighted by Crippen LogP contribution is 2.39. The number of carbonyl (C=O) groups is 2. The summed E-state index contributed by atoms with van der Waals surface area (Å²) in [6, 6.07) is 12.6. The number of anilines is 3.